The van der Waals surface area contributed by atoms with E-state index in [1.807, 2.05) is 0 Å². The Kier molecular flexibility index (Phi) is 3.14. The zero-order valence-electron chi connectivity index (χ0n) is 7.50. The van der Waals surface area contributed by atoms with Gasteiger partial charge in [-0.25, -0.2) is 16.8 Å². The zero-order valence-corrected chi connectivity index (χ0v) is 9.14. The maximum absolute atomic E-state index is 11.1. The second-order valence-electron chi connectivity index (χ2n) is 3.03. The molecule has 0 bridgehead atoms. The summed E-state index contributed by atoms with van der Waals surface area (Å²) in [4.78, 5) is 21.6. The van der Waals surface area contributed by atoms with Gasteiger partial charge in [0.2, 0.25) is 0 Å². The van der Waals surface area contributed by atoms with Gasteiger partial charge in [0, 0.05) is 0 Å². The van der Waals surface area contributed by atoms with E-state index < -0.39 is 54.6 Å². The molecule has 7 nitrogen and oxygen atoms in total. The van der Waals surface area contributed by atoms with Crippen LogP contribution in [0, 0.1) is 0 Å². The predicted octanol–water partition coefficient (Wildman–Crippen LogP) is -2.10. The highest BCUT2D eigenvalue weighted by Crippen LogP contribution is 2.02. The molecule has 0 radical (unpaired) electrons. The standard InChI is InChI=1S/C6H8O7S2/c7-5-3-14(9,10)1-2-15(11,12)4-6(8)13-5/h1-4H2. The third kappa shape index (κ3) is 3.96. The van der Waals surface area contributed by atoms with E-state index in [4.69, 9.17) is 0 Å². The summed E-state index contributed by atoms with van der Waals surface area (Å²) < 4.78 is 48.4. The number of hydrogen-bond donors (Lipinski definition) is 0. The normalized spacial score (nSPS) is 25.9. The topological polar surface area (TPSA) is 112 Å². The fourth-order valence-electron chi connectivity index (χ4n) is 0.943. The average molecular weight is 256 g/mol. The molecular formula is C6H8O7S2. The second kappa shape index (κ2) is 3.89. The van der Waals surface area contributed by atoms with Gasteiger partial charge in [0.05, 0.1) is 11.5 Å². The number of rotatable bonds is 0. The van der Waals surface area contributed by atoms with Crippen LogP contribution in [-0.2, 0) is 34.0 Å². The Morgan fingerprint density at radius 1 is 0.800 bits per heavy atom. The number of esters is 2. The molecule has 0 spiro atoms. The highest BCUT2D eigenvalue weighted by molar-refractivity contribution is 7.95. The highest BCUT2D eigenvalue weighted by Gasteiger charge is 2.28. The van der Waals surface area contributed by atoms with Gasteiger partial charge in [-0.1, -0.05) is 0 Å². The summed E-state index contributed by atoms with van der Waals surface area (Å²) in [6.45, 7) is 0. The van der Waals surface area contributed by atoms with E-state index in [1.54, 1.807) is 0 Å². The van der Waals surface area contributed by atoms with Gasteiger partial charge in [0.15, 0.2) is 19.7 Å². The second-order valence-corrected chi connectivity index (χ2v) is 7.40. The molecule has 1 aliphatic rings. The van der Waals surface area contributed by atoms with Gasteiger partial charge in [-0.15, -0.1) is 0 Å². The van der Waals surface area contributed by atoms with Crippen molar-refractivity contribution in [2.24, 2.45) is 0 Å². The van der Waals surface area contributed by atoms with Crippen LogP contribution >= 0.6 is 0 Å². The molecule has 0 aliphatic carbocycles. The Balaban J connectivity index is 3.02. The van der Waals surface area contributed by atoms with E-state index in [0.717, 1.165) is 0 Å². The van der Waals surface area contributed by atoms with E-state index in [-0.39, 0.29) is 0 Å². The van der Waals surface area contributed by atoms with Crippen molar-refractivity contribution in [1.82, 2.24) is 0 Å². The van der Waals surface area contributed by atoms with Crippen LogP contribution in [0.25, 0.3) is 0 Å². The van der Waals surface area contributed by atoms with E-state index >= 15 is 0 Å². The van der Waals surface area contributed by atoms with Crippen LogP contribution in [-0.4, -0.2) is 51.8 Å². The molecule has 1 rings (SSSR count). The molecule has 0 aromatic carbocycles. The lowest BCUT2D eigenvalue weighted by molar-refractivity contribution is -0.155. The first kappa shape index (κ1) is 12.1. The minimum atomic E-state index is -3.82. The smallest absolute Gasteiger partial charge is 0.328 e. The number of carbonyl (C=O) groups is 2. The Bertz CT molecular complexity index is 438. The van der Waals surface area contributed by atoms with E-state index in [2.05, 4.69) is 4.74 Å². The molecule has 9 heteroatoms. The summed E-state index contributed by atoms with van der Waals surface area (Å²) in [5, 5.41) is 0. The maximum atomic E-state index is 11.1. The minimum Gasteiger partial charge on any atom is -0.392 e. The molecule has 1 heterocycles. The molecule has 15 heavy (non-hydrogen) atoms. The molecule has 1 aliphatic heterocycles. The Morgan fingerprint density at radius 3 is 1.47 bits per heavy atom. The van der Waals surface area contributed by atoms with Crippen LogP contribution in [0.2, 0.25) is 0 Å². The molecule has 0 unspecified atom stereocenters. The molecule has 0 amide bonds. The molecule has 1 fully saturated rings. The number of carbonyl (C=O) groups excluding carboxylic acids is 2. The first-order chi connectivity index (χ1) is 6.70. The van der Waals surface area contributed by atoms with Gasteiger partial charge >= 0.3 is 11.9 Å². The van der Waals surface area contributed by atoms with Crippen LogP contribution in [0.5, 0.6) is 0 Å². The van der Waals surface area contributed by atoms with E-state index in [0.29, 0.717) is 0 Å². The van der Waals surface area contributed by atoms with Crippen molar-refractivity contribution in [2.45, 2.75) is 0 Å². The molecule has 0 aromatic heterocycles. The van der Waals surface area contributed by atoms with Gasteiger partial charge in [0.25, 0.3) is 0 Å². The molecular weight excluding hydrogens is 248 g/mol. The fourth-order valence-corrected chi connectivity index (χ4v) is 4.10. The van der Waals surface area contributed by atoms with Crippen LogP contribution in [0.3, 0.4) is 0 Å². The number of cyclic esters (lactones) is 2. The first-order valence-corrected chi connectivity index (χ1v) is 7.49. The fraction of sp³-hybridized carbons (Fsp3) is 0.667. The Hall–Kier alpha value is -0.960. The van der Waals surface area contributed by atoms with Gasteiger partial charge in [-0.05, 0) is 0 Å². The summed E-state index contributed by atoms with van der Waals surface area (Å²) >= 11 is 0. The van der Waals surface area contributed by atoms with Crippen molar-refractivity contribution in [3.05, 3.63) is 0 Å². The number of sulfone groups is 2. The molecule has 0 aromatic rings. The Labute approximate surface area is 86.2 Å². The van der Waals surface area contributed by atoms with Gasteiger partial charge in [-0.2, -0.15) is 0 Å². The molecule has 0 saturated carbocycles. The lowest BCUT2D eigenvalue weighted by atomic mass is 10.7. The van der Waals surface area contributed by atoms with Crippen LogP contribution in [0.4, 0.5) is 0 Å². The minimum absolute atomic E-state index is 0.669. The van der Waals surface area contributed by atoms with Crippen LogP contribution in [0.15, 0.2) is 0 Å². The highest BCUT2D eigenvalue weighted by atomic mass is 32.2. The summed E-state index contributed by atoms with van der Waals surface area (Å²) in [6.07, 6.45) is 0. The van der Waals surface area contributed by atoms with Gasteiger partial charge in [-0.3, -0.25) is 9.59 Å². The SMILES string of the molecule is O=C1CS(=O)(=O)CCS(=O)(=O)CC(=O)O1. The van der Waals surface area contributed by atoms with Crippen molar-refractivity contribution in [3.8, 4) is 0 Å². The number of ether oxygens (including phenoxy) is 1. The van der Waals surface area contributed by atoms with Crippen molar-refractivity contribution in [2.75, 3.05) is 23.0 Å². The molecule has 0 atom stereocenters. The van der Waals surface area contributed by atoms with E-state index in [1.165, 1.54) is 0 Å². The van der Waals surface area contributed by atoms with Crippen LogP contribution < -0.4 is 0 Å². The largest absolute Gasteiger partial charge is 0.392 e. The van der Waals surface area contributed by atoms with Crippen molar-refractivity contribution in [3.63, 3.8) is 0 Å². The third-order valence-electron chi connectivity index (χ3n) is 1.61. The van der Waals surface area contributed by atoms with Crippen molar-refractivity contribution < 1.29 is 31.2 Å². The quantitative estimate of drug-likeness (QED) is 0.360. The maximum Gasteiger partial charge on any atom is 0.328 e. The monoisotopic (exact) mass is 256 g/mol. The summed E-state index contributed by atoms with van der Waals surface area (Å²) in [6, 6.07) is 0. The summed E-state index contributed by atoms with van der Waals surface area (Å²) in [7, 11) is -7.63. The predicted molar refractivity (Wildman–Crippen MR) is 48.4 cm³/mol. The van der Waals surface area contributed by atoms with Gasteiger partial charge in [0.1, 0.15) is 11.5 Å². The lowest BCUT2D eigenvalue weighted by Gasteiger charge is -1.98. The molecule has 0 N–H and O–H groups in total. The summed E-state index contributed by atoms with van der Waals surface area (Å²) in [5.41, 5.74) is 0. The van der Waals surface area contributed by atoms with Crippen molar-refractivity contribution in [1.29, 1.82) is 0 Å². The van der Waals surface area contributed by atoms with Crippen molar-refractivity contribution >= 4 is 31.6 Å². The molecule has 86 valence electrons. The Morgan fingerprint density at radius 2 is 1.13 bits per heavy atom. The first-order valence-electron chi connectivity index (χ1n) is 3.84. The average Bonchev–Trinajstić information content (AvgIpc) is 1.99. The zero-order chi connectivity index (χ0) is 11.7. The number of hydrogen-bond acceptors (Lipinski definition) is 7. The summed E-state index contributed by atoms with van der Waals surface area (Å²) in [5.74, 6) is -5.74. The molecule has 1 saturated heterocycles. The van der Waals surface area contributed by atoms with Gasteiger partial charge < -0.3 is 4.74 Å². The van der Waals surface area contributed by atoms with E-state index in [9.17, 15) is 26.4 Å². The lowest BCUT2D eigenvalue weighted by Crippen LogP contribution is -2.22. The third-order valence-corrected chi connectivity index (χ3v) is 4.87. The van der Waals surface area contributed by atoms with Crippen LogP contribution in [0.1, 0.15) is 0 Å².